The summed E-state index contributed by atoms with van der Waals surface area (Å²) in [4.78, 5) is 0. The molecule has 100 valence electrons. The van der Waals surface area contributed by atoms with Gasteiger partial charge < -0.3 is 0 Å². The van der Waals surface area contributed by atoms with Crippen molar-refractivity contribution in [2.45, 2.75) is 25.6 Å². The normalized spacial score (nSPS) is 12.5. The van der Waals surface area contributed by atoms with Crippen LogP contribution < -0.4 is 0 Å². The lowest BCUT2D eigenvalue weighted by atomic mass is 9.99. The van der Waals surface area contributed by atoms with Gasteiger partial charge in [-0.05, 0) is 48.6 Å². The molecule has 0 N–H and O–H groups in total. The van der Waals surface area contributed by atoms with Gasteiger partial charge in [-0.1, -0.05) is 41.9 Å². The van der Waals surface area contributed by atoms with Crippen LogP contribution in [-0.2, 0) is 6.42 Å². The Kier molecular flexibility index (Phi) is 4.49. The van der Waals surface area contributed by atoms with E-state index in [2.05, 4.69) is 0 Å². The number of alkyl halides is 1. The number of rotatable bonds is 3. The number of halogens is 3. The molecule has 0 saturated carbocycles. The van der Waals surface area contributed by atoms with Crippen molar-refractivity contribution in [3.63, 3.8) is 0 Å². The van der Waals surface area contributed by atoms with Gasteiger partial charge in [-0.25, -0.2) is 4.39 Å². The third kappa shape index (κ3) is 3.29. The molecule has 0 radical (unpaired) electrons. The lowest BCUT2D eigenvalue weighted by Crippen LogP contribution is -2.00. The van der Waals surface area contributed by atoms with Gasteiger partial charge in [0.1, 0.15) is 5.82 Å². The molecule has 0 aliphatic rings. The summed E-state index contributed by atoms with van der Waals surface area (Å²) in [5.74, 6) is -0.162. The van der Waals surface area contributed by atoms with Gasteiger partial charge in [0.05, 0.1) is 5.38 Å². The van der Waals surface area contributed by atoms with E-state index >= 15 is 0 Å². The molecule has 2 aromatic carbocycles. The molecular weight excluding hydrogens is 282 g/mol. The average molecular weight is 297 g/mol. The van der Waals surface area contributed by atoms with Gasteiger partial charge in [-0.15, -0.1) is 11.6 Å². The maximum atomic E-state index is 13.6. The molecule has 0 spiro atoms. The fourth-order valence-electron chi connectivity index (χ4n) is 2.14. The highest BCUT2D eigenvalue weighted by Crippen LogP contribution is 2.30. The van der Waals surface area contributed by atoms with E-state index in [9.17, 15) is 4.39 Å². The first-order chi connectivity index (χ1) is 8.99. The Labute approximate surface area is 123 Å². The first-order valence-electron chi connectivity index (χ1n) is 6.13. The summed E-state index contributed by atoms with van der Waals surface area (Å²) in [5, 5.41) is 0.501. The molecule has 0 heterocycles. The van der Waals surface area contributed by atoms with E-state index in [0.29, 0.717) is 22.6 Å². The number of hydrogen-bond donors (Lipinski definition) is 0. The Morgan fingerprint density at radius 3 is 2.26 bits per heavy atom. The second-order valence-corrected chi connectivity index (χ2v) is 5.67. The van der Waals surface area contributed by atoms with Crippen molar-refractivity contribution >= 4 is 23.2 Å². The van der Waals surface area contributed by atoms with Crippen LogP contribution in [0.4, 0.5) is 4.39 Å². The molecule has 0 amide bonds. The molecule has 3 heteroatoms. The molecule has 1 atom stereocenters. The zero-order valence-electron chi connectivity index (χ0n) is 10.9. The summed E-state index contributed by atoms with van der Waals surface area (Å²) >= 11 is 12.6. The van der Waals surface area contributed by atoms with Crippen LogP contribution in [0, 0.1) is 19.7 Å². The summed E-state index contributed by atoms with van der Waals surface area (Å²) in [7, 11) is 0. The molecule has 2 aromatic rings. The van der Waals surface area contributed by atoms with Gasteiger partial charge in [0.2, 0.25) is 0 Å². The number of benzene rings is 2. The predicted octanol–water partition coefficient (Wildman–Crippen LogP) is 5.62. The summed E-state index contributed by atoms with van der Waals surface area (Å²) in [6.07, 6.45) is 0.631. The van der Waals surface area contributed by atoms with E-state index in [1.807, 2.05) is 24.3 Å². The fourth-order valence-corrected chi connectivity index (χ4v) is 2.64. The monoisotopic (exact) mass is 296 g/mol. The standard InChI is InChI=1S/C16H15Cl2F/c1-10-7-13(8-11(2)16(10)19)15(18)9-12-5-3-4-6-14(12)17/h3-8,15H,9H2,1-2H3. The van der Waals surface area contributed by atoms with Gasteiger partial charge in [-0.3, -0.25) is 0 Å². The second kappa shape index (κ2) is 5.94. The zero-order chi connectivity index (χ0) is 14.0. The molecule has 1 unspecified atom stereocenters. The van der Waals surface area contributed by atoms with Gasteiger partial charge in [0, 0.05) is 5.02 Å². The van der Waals surface area contributed by atoms with Crippen LogP contribution in [-0.4, -0.2) is 0 Å². The van der Waals surface area contributed by atoms with Crippen LogP contribution in [0.3, 0.4) is 0 Å². The highest BCUT2D eigenvalue weighted by molar-refractivity contribution is 6.31. The van der Waals surface area contributed by atoms with Crippen molar-refractivity contribution in [3.05, 3.63) is 69.5 Å². The van der Waals surface area contributed by atoms with E-state index in [4.69, 9.17) is 23.2 Å². The van der Waals surface area contributed by atoms with E-state index in [-0.39, 0.29) is 11.2 Å². The van der Waals surface area contributed by atoms with Crippen molar-refractivity contribution in [2.24, 2.45) is 0 Å². The summed E-state index contributed by atoms with van der Waals surface area (Å²) < 4.78 is 13.6. The molecule has 0 aromatic heterocycles. The highest BCUT2D eigenvalue weighted by Gasteiger charge is 2.13. The largest absolute Gasteiger partial charge is 0.206 e. The first kappa shape index (κ1) is 14.4. The minimum atomic E-state index is -0.210. The van der Waals surface area contributed by atoms with Crippen molar-refractivity contribution in [1.29, 1.82) is 0 Å². The molecular formula is C16H15Cl2F. The van der Waals surface area contributed by atoms with Crippen LogP contribution in [0.5, 0.6) is 0 Å². The van der Waals surface area contributed by atoms with E-state index in [1.54, 1.807) is 26.0 Å². The topological polar surface area (TPSA) is 0 Å². The van der Waals surface area contributed by atoms with Crippen molar-refractivity contribution < 1.29 is 4.39 Å². The van der Waals surface area contributed by atoms with Crippen LogP contribution in [0.15, 0.2) is 36.4 Å². The third-order valence-electron chi connectivity index (χ3n) is 3.18. The number of aryl methyl sites for hydroxylation is 2. The van der Waals surface area contributed by atoms with E-state index in [0.717, 1.165) is 11.1 Å². The van der Waals surface area contributed by atoms with Gasteiger partial charge in [0.25, 0.3) is 0 Å². The van der Waals surface area contributed by atoms with Crippen LogP contribution in [0.2, 0.25) is 5.02 Å². The van der Waals surface area contributed by atoms with Crippen LogP contribution >= 0.6 is 23.2 Å². The quantitative estimate of drug-likeness (QED) is 0.645. The first-order valence-corrected chi connectivity index (χ1v) is 6.94. The Morgan fingerprint density at radius 2 is 1.68 bits per heavy atom. The lowest BCUT2D eigenvalue weighted by molar-refractivity contribution is 0.608. The summed E-state index contributed by atoms with van der Waals surface area (Å²) in [6, 6.07) is 11.2. The smallest absolute Gasteiger partial charge is 0.129 e. The van der Waals surface area contributed by atoms with Gasteiger partial charge in [0.15, 0.2) is 0 Å². The SMILES string of the molecule is Cc1cc(C(Cl)Cc2ccccc2Cl)cc(C)c1F. The summed E-state index contributed by atoms with van der Waals surface area (Å²) in [5.41, 5.74) is 3.18. The third-order valence-corrected chi connectivity index (χ3v) is 3.95. The fraction of sp³-hybridized carbons (Fsp3) is 0.250. The Balaban J connectivity index is 2.26. The molecule has 0 bridgehead atoms. The van der Waals surface area contributed by atoms with Crippen molar-refractivity contribution in [1.82, 2.24) is 0 Å². The van der Waals surface area contributed by atoms with Crippen molar-refractivity contribution in [3.8, 4) is 0 Å². The second-order valence-electron chi connectivity index (χ2n) is 4.73. The molecule has 2 rings (SSSR count). The van der Waals surface area contributed by atoms with Crippen LogP contribution in [0.25, 0.3) is 0 Å². The minimum Gasteiger partial charge on any atom is -0.206 e. The van der Waals surface area contributed by atoms with E-state index in [1.165, 1.54) is 0 Å². The van der Waals surface area contributed by atoms with Crippen LogP contribution in [0.1, 0.15) is 27.6 Å². The molecule has 0 nitrogen and oxygen atoms in total. The average Bonchev–Trinajstić information content (AvgIpc) is 2.38. The minimum absolute atomic E-state index is 0.162. The number of hydrogen-bond acceptors (Lipinski definition) is 0. The molecule has 19 heavy (non-hydrogen) atoms. The maximum Gasteiger partial charge on any atom is 0.129 e. The summed E-state index contributed by atoms with van der Waals surface area (Å²) in [6.45, 7) is 3.51. The molecule has 0 aliphatic carbocycles. The van der Waals surface area contributed by atoms with Gasteiger partial charge in [-0.2, -0.15) is 0 Å². The van der Waals surface area contributed by atoms with Crippen molar-refractivity contribution in [2.75, 3.05) is 0 Å². The van der Waals surface area contributed by atoms with Gasteiger partial charge >= 0.3 is 0 Å². The molecule has 0 aliphatic heterocycles. The highest BCUT2D eigenvalue weighted by atomic mass is 35.5. The lowest BCUT2D eigenvalue weighted by Gasteiger charge is -2.13. The zero-order valence-corrected chi connectivity index (χ0v) is 12.4. The molecule has 0 fully saturated rings. The van der Waals surface area contributed by atoms with E-state index < -0.39 is 0 Å². The Morgan fingerprint density at radius 1 is 1.11 bits per heavy atom. The maximum absolute atomic E-state index is 13.6. The predicted molar refractivity (Wildman–Crippen MR) is 79.6 cm³/mol. The Bertz CT molecular complexity index is 570. The molecule has 0 saturated heterocycles. The Hall–Kier alpha value is -1.05.